The minimum absolute atomic E-state index is 0.362. The van der Waals surface area contributed by atoms with Crippen molar-refractivity contribution in [1.29, 1.82) is 0 Å². The maximum absolute atomic E-state index is 11.8. The van der Waals surface area contributed by atoms with E-state index in [9.17, 15) is 4.79 Å². The van der Waals surface area contributed by atoms with Gasteiger partial charge in [0.25, 0.3) is 0 Å². The molecule has 0 aromatic carbocycles. The molecule has 1 atom stereocenters. The number of aromatic nitrogens is 1. The molecule has 1 heterocycles. The number of amides is 1. The smallest absolute Gasteiger partial charge is 0.407 e. The van der Waals surface area contributed by atoms with E-state index in [1.165, 1.54) is 0 Å². The van der Waals surface area contributed by atoms with Gasteiger partial charge in [-0.15, -0.1) is 0 Å². The van der Waals surface area contributed by atoms with Crippen LogP contribution in [0.5, 0.6) is 0 Å². The van der Waals surface area contributed by atoms with Crippen molar-refractivity contribution in [1.82, 2.24) is 10.3 Å². The Hall–Kier alpha value is -1.33. The number of nitrogens with zero attached hydrogens (tertiary/aromatic N) is 1. The zero-order valence-corrected chi connectivity index (χ0v) is 14.0. The highest BCUT2D eigenvalue weighted by Gasteiger charge is 2.28. The summed E-state index contributed by atoms with van der Waals surface area (Å²) < 4.78 is 5.23. The van der Waals surface area contributed by atoms with Gasteiger partial charge < -0.3 is 15.8 Å². The van der Waals surface area contributed by atoms with Crippen molar-refractivity contribution in [3.05, 3.63) is 28.5 Å². The summed E-state index contributed by atoms with van der Waals surface area (Å²) in [7, 11) is 0. The number of nitrogens with one attached hydrogen (secondary N) is 1. The predicted octanol–water partition coefficient (Wildman–Crippen LogP) is 2.78. The van der Waals surface area contributed by atoms with Crippen LogP contribution in [0.1, 0.15) is 38.8 Å². The normalized spacial score (nSPS) is 14.4. The molecule has 6 heteroatoms. The van der Waals surface area contributed by atoms with Crippen LogP contribution >= 0.6 is 11.6 Å². The molecule has 0 bridgehead atoms. The third kappa shape index (κ3) is 5.17. The molecule has 0 saturated heterocycles. The number of hydrogen-bond acceptors (Lipinski definition) is 4. The van der Waals surface area contributed by atoms with Gasteiger partial charge in [0.05, 0.1) is 0 Å². The van der Waals surface area contributed by atoms with Gasteiger partial charge in [-0.25, -0.2) is 9.78 Å². The minimum Gasteiger partial charge on any atom is -0.444 e. The molecule has 0 aliphatic rings. The molecular weight excluding hydrogens is 290 g/mol. The summed E-state index contributed by atoms with van der Waals surface area (Å²) in [6.07, 6.45) is 1.24. The number of aryl methyl sites for hydroxylation is 1. The van der Waals surface area contributed by atoms with Crippen LogP contribution in [-0.2, 0) is 10.2 Å². The van der Waals surface area contributed by atoms with Crippen LogP contribution in [0, 0.1) is 6.92 Å². The highest BCUT2D eigenvalue weighted by atomic mass is 35.5. The Kier molecular flexibility index (Phi) is 5.59. The van der Waals surface area contributed by atoms with Gasteiger partial charge in [-0.3, -0.25) is 0 Å². The van der Waals surface area contributed by atoms with Crippen LogP contribution in [0.4, 0.5) is 4.79 Å². The van der Waals surface area contributed by atoms with E-state index in [2.05, 4.69) is 10.3 Å². The number of pyridine rings is 1. The average Bonchev–Trinajstić information content (AvgIpc) is 2.37. The second kappa shape index (κ2) is 6.62. The van der Waals surface area contributed by atoms with E-state index in [1.54, 1.807) is 6.20 Å². The lowest BCUT2D eigenvalue weighted by atomic mass is 9.83. The molecule has 0 saturated carbocycles. The third-order valence-corrected chi connectivity index (χ3v) is 3.58. The first-order chi connectivity index (χ1) is 9.57. The van der Waals surface area contributed by atoms with E-state index < -0.39 is 17.1 Å². The van der Waals surface area contributed by atoms with E-state index in [-0.39, 0.29) is 0 Å². The summed E-state index contributed by atoms with van der Waals surface area (Å²) >= 11 is 5.94. The maximum atomic E-state index is 11.8. The maximum Gasteiger partial charge on any atom is 0.407 e. The quantitative estimate of drug-likeness (QED) is 0.838. The fourth-order valence-electron chi connectivity index (χ4n) is 1.76. The molecule has 1 unspecified atom stereocenters. The topological polar surface area (TPSA) is 77.2 Å². The van der Waals surface area contributed by atoms with Gasteiger partial charge in [0.15, 0.2) is 0 Å². The molecule has 1 rings (SSSR count). The van der Waals surface area contributed by atoms with E-state index in [0.717, 1.165) is 11.1 Å². The second-order valence-electron chi connectivity index (χ2n) is 6.45. The van der Waals surface area contributed by atoms with E-state index in [4.69, 9.17) is 22.1 Å². The molecule has 5 nitrogen and oxygen atoms in total. The van der Waals surface area contributed by atoms with E-state index in [0.29, 0.717) is 18.2 Å². The molecule has 1 amide bonds. The molecular formula is C15H24ClN3O2. The van der Waals surface area contributed by atoms with Crippen molar-refractivity contribution >= 4 is 17.7 Å². The molecule has 1 aromatic rings. The second-order valence-corrected chi connectivity index (χ2v) is 6.81. The fourth-order valence-corrected chi connectivity index (χ4v) is 1.87. The van der Waals surface area contributed by atoms with Gasteiger partial charge in [0.1, 0.15) is 10.8 Å². The number of carbonyl (C=O) groups excluding carboxylic acids is 1. The molecule has 0 radical (unpaired) electrons. The van der Waals surface area contributed by atoms with Crippen molar-refractivity contribution in [2.45, 2.75) is 45.6 Å². The lowest BCUT2D eigenvalue weighted by Gasteiger charge is -2.29. The van der Waals surface area contributed by atoms with Crippen LogP contribution in [0.25, 0.3) is 0 Å². The van der Waals surface area contributed by atoms with Crippen molar-refractivity contribution in [3.63, 3.8) is 0 Å². The minimum atomic E-state index is -0.526. The van der Waals surface area contributed by atoms with Gasteiger partial charge in [0.2, 0.25) is 0 Å². The monoisotopic (exact) mass is 313 g/mol. The predicted molar refractivity (Wildman–Crippen MR) is 84.6 cm³/mol. The van der Waals surface area contributed by atoms with Gasteiger partial charge in [-0.05, 0) is 38.8 Å². The molecule has 0 aliphatic carbocycles. The Morgan fingerprint density at radius 1 is 1.43 bits per heavy atom. The summed E-state index contributed by atoms with van der Waals surface area (Å²) in [6, 6.07) is 1.94. The Morgan fingerprint density at radius 3 is 2.52 bits per heavy atom. The molecule has 118 valence electrons. The molecule has 1 aromatic heterocycles. The number of halogens is 1. The van der Waals surface area contributed by atoms with Crippen LogP contribution in [0.3, 0.4) is 0 Å². The first kappa shape index (κ1) is 17.7. The van der Waals surface area contributed by atoms with E-state index in [1.807, 2.05) is 40.7 Å². The van der Waals surface area contributed by atoms with Crippen molar-refractivity contribution in [2.24, 2.45) is 5.73 Å². The van der Waals surface area contributed by atoms with Crippen LogP contribution in [0.2, 0.25) is 5.15 Å². The molecule has 0 aliphatic heterocycles. The third-order valence-electron chi connectivity index (χ3n) is 3.18. The molecule has 0 spiro atoms. The Labute approximate surface area is 131 Å². The highest BCUT2D eigenvalue weighted by Crippen LogP contribution is 2.24. The Morgan fingerprint density at radius 2 is 2.05 bits per heavy atom. The summed E-state index contributed by atoms with van der Waals surface area (Å²) in [6.45, 7) is 10.0. The molecule has 0 fully saturated rings. The van der Waals surface area contributed by atoms with E-state index >= 15 is 0 Å². The largest absolute Gasteiger partial charge is 0.444 e. The van der Waals surface area contributed by atoms with Crippen molar-refractivity contribution < 1.29 is 9.53 Å². The summed E-state index contributed by atoms with van der Waals surface area (Å²) in [5.74, 6) is 0. The first-order valence-corrected chi connectivity index (χ1v) is 7.25. The summed E-state index contributed by atoms with van der Waals surface area (Å²) in [5.41, 5.74) is 6.74. The van der Waals surface area contributed by atoms with Gasteiger partial charge in [-0.2, -0.15) is 0 Å². The van der Waals surface area contributed by atoms with Crippen molar-refractivity contribution in [3.8, 4) is 0 Å². The van der Waals surface area contributed by atoms with Crippen LogP contribution in [0.15, 0.2) is 12.3 Å². The van der Waals surface area contributed by atoms with Gasteiger partial charge in [-0.1, -0.05) is 24.6 Å². The van der Waals surface area contributed by atoms with Crippen molar-refractivity contribution in [2.75, 3.05) is 13.1 Å². The average molecular weight is 314 g/mol. The Bertz CT molecular complexity index is 514. The van der Waals surface area contributed by atoms with Crippen LogP contribution in [-0.4, -0.2) is 29.8 Å². The number of alkyl carbamates (subject to hydrolysis) is 1. The number of carbonyl (C=O) groups is 1. The lowest BCUT2D eigenvalue weighted by Crippen LogP contribution is -2.45. The molecule has 21 heavy (non-hydrogen) atoms. The number of ether oxygens (including phenoxy) is 1. The summed E-state index contributed by atoms with van der Waals surface area (Å²) in [4.78, 5) is 15.9. The zero-order chi connectivity index (χ0) is 16.3. The number of hydrogen-bond donors (Lipinski definition) is 2. The summed E-state index contributed by atoms with van der Waals surface area (Å²) in [5, 5.41) is 3.23. The first-order valence-electron chi connectivity index (χ1n) is 6.87. The number of rotatable bonds is 4. The van der Waals surface area contributed by atoms with Gasteiger partial charge >= 0.3 is 6.09 Å². The Balaban J connectivity index is 2.80. The standard InChI is InChI=1S/C15H24ClN3O2/c1-10-6-11(7-18-12(10)16)15(5,8-17)9-19-13(20)21-14(2,3)4/h6-7H,8-9,17H2,1-5H3,(H,19,20). The number of nitrogens with two attached hydrogens (primary N) is 1. The van der Waals surface area contributed by atoms with Crippen LogP contribution < -0.4 is 11.1 Å². The SMILES string of the molecule is Cc1cc(C(C)(CN)CNC(=O)OC(C)(C)C)cnc1Cl. The van der Waals surface area contributed by atoms with Gasteiger partial charge in [0, 0.05) is 24.7 Å². The lowest BCUT2D eigenvalue weighted by molar-refractivity contribution is 0.0516. The zero-order valence-electron chi connectivity index (χ0n) is 13.3. The highest BCUT2D eigenvalue weighted by molar-refractivity contribution is 6.30. The fraction of sp³-hybridized carbons (Fsp3) is 0.600. The molecule has 3 N–H and O–H groups in total.